The Labute approximate surface area is 170 Å². The number of nitrogens with zero attached hydrogens (tertiary/aromatic N) is 7. The number of aromatic nitrogens is 5. The summed E-state index contributed by atoms with van der Waals surface area (Å²) in [5.74, 6) is 2.85. The van der Waals surface area contributed by atoms with Gasteiger partial charge in [-0.05, 0) is 45.0 Å². The molecule has 29 heavy (non-hydrogen) atoms. The van der Waals surface area contributed by atoms with E-state index >= 15 is 0 Å². The summed E-state index contributed by atoms with van der Waals surface area (Å²) in [5, 5.41) is 9.82. The quantitative estimate of drug-likeness (QED) is 0.725. The second-order valence-electron chi connectivity index (χ2n) is 7.81. The van der Waals surface area contributed by atoms with Crippen molar-refractivity contribution in [1.82, 2.24) is 24.9 Å². The van der Waals surface area contributed by atoms with Crippen molar-refractivity contribution in [3.63, 3.8) is 0 Å². The Morgan fingerprint density at radius 2 is 1.79 bits per heavy atom. The van der Waals surface area contributed by atoms with Crippen LogP contribution in [0.4, 0.5) is 11.6 Å². The third-order valence-corrected chi connectivity index (χ3v) is 5.10. The molecule has 0 aromatic carbocycles. The lowest BCUT2D eigenvalue weighted by molar-refractivity contribution is 0.188. The number of aliphatic hydroxyl groups excluding tert-OH is 1. The highest BCUT2D eigenvalue weighted by molar-refractivity contribution is 5.56. The van der Waals surface area contributed by atoms with Crippen LogP contribution in [-0.2, 0) is 0 Å². The van der Waals surface area contributed by atoms with Gasteiger partial charge in [-0.1, -0.05) is 0 Å². The molecule has 1 atom stereocenters. The molecule has 1 fully saturated rings. The molecule has 3 aromatic heterocycles. The molecule has 3 aromatic rings. The summed E-state index contributed by atoms with van der Waals surface area (Å²) in [6.07, 6.45) is 6.33. The Kier molecular flexibility index (Phi) is 5.10. The molecule has 4 rings (SSSR count). The third-order valence-electron chi connectivity index (χ3n) is 5.10. The average molecular weight is 391 g/mol. The summed E-state index contributed by atoms with van der Waals surface area (Å²) in [6.45, 7) is 8.43. The molecule has 8 heteroatoms. The molecule has 0 spiro atoms. The Morgan fingerprint density at radius 3 is 2.52 bits per heavy atom. The largest absolute Gasteiger partial charge is 0.385 e. The van der Waals surface area contributed by atoms with Crippen LogP contribution in [0.1, 0.15) is 32.7 Å². The van der Waals surface area contributed by atoms with E-state index in [0.29, 0.717) is 11.6 Å². The zero-order valence-corrected chi connectivity index (χ0v) is 16.9. The Morgan fingerprint density at radius 1 is 1.00 bits per heavy atom. The van der Waals surface area contributed by atoms with Crippen LogP contribution in [0.2, 0.25) is 0 Å². The number of piperazine rings is 1. The fourth-order valence-electron chi connectivity index (χ4n) is 3.65. The Balaban J connectivity index is 1.56. The van der Waals surface area contributed by atoms with Crippen molar-refractivity contribution in [2.75, 3.05) is 29.4 Å². The van der Waals surface area contributed by atoms with Gasteiger partial charge in [0, 0.05) is 50.0 Å². The van der Waals surface area contributed by atoms with Crippen molar-refractivity contribution in [3.05, 3.63) is 54.9 Å². The maximum Gasteiger partial charge on any atom is 0.163 e. The zero-order valence-electron chi connectivity index (χ0n) is 16.9. The molecule has 0 bridgehead atoms. The molecule has 1 unspecified atom stereocenters. The molecule has 0 radical (unpaired) electrons. The summed E-state index contributed by atoms with van der Waals surface area (Å²) < 4.78 is 0. The summed E-state index contributed by atoms with van der Waals surface area (Å²) in [6, 6.07) is 7.69. The minimum Gasteiger partial charge on any atom is -0.385 e. The van der Waals surface area contributed by atoms with Crippen LogP contribution in [-0.4, -0.2) is 55.2 Å². The number of hydrogen-bond acceptors (Lipinski definition) is 8. The fourth-order valence-corrected chi connectivity index (χ4v) is 3.65. The SMILES string of the molecule is CC(O)c1nccc(N2CCN(c3ccnc(-c4cccnc4)n3)CC2(C)C)n1. The number of pyridine rings is 1. The number of rotatable bonds is 4. The predicted molar refractivity (Wildman–Crippen MR) is 112 cm³/mol. The molecular weight excluding hydrogens is 366 g/mol. The van der Waals surface area contributed by atoms with Crippen molar-refractivity contribution in [2.24, 2.45) is 0 Å². The lowest BCUT2D eigenvalue weighted by Gasteiger charge is -2.48. The maximum atomic E-state index is 9.82. The average Bonchev–Trinajstić information content (AvgIpc) is 2.74. The topological polar surface area (TPSA) is 91.2 Å². The molecule has 0 amide bonds. The van der Waals surface area contributed by atoms with E-state index in [1.165, 1.54) is 0 Å². The van der Waals surface area contributed by atoms with Gasteiger partial charge in [0.1, 0.15) is 17.7 Å². The van der Waals surface area contributed by atoms with Crippen LogP contribution in [0, 0.1) is 0 Å². The van der Waals surface area contributed by atoms with Gasteiger partial charge in [-0.15, -0.1) is 0 Å². The van der Waals surface area contributed by atoms with E-state index in [0.717, 1.165) is 36.8 Å². The van der Waals surface area contributed by atoms with Gasteiger partial charge in [-0.2, -0.15) is 0 Å². The lowest BCUT2D eigenvalue weighted by Crippen LogP contribution is -2.60. The van der Waals surface area contributed by atoms with Crippen LogP contribution in [0.5, 0.6) is 0 Å². The van der Waals surface area contributed by atoms with Crippen LogP contribution in [0.25, 0.3) is 11.4 Å². The van der Waals surface area contributed by atoms with Gasteiger partial charge in [0.2, 0.25) is 0 Å². The second-order valence-corrected chi connectivity index (χ2v) is 7.81. The van der Waals surface area contributed by atoms with Gasteiger partial charge in [-0.3, -0.25) is 4.98 Å². The maximum absolute atomic E-state index is 9.82. The van der Waals surface area contributed by atoms with E-state index < -0.39 is 6.10 Å². The monoisotopic (exact) mass is 391 g/mol. The lowest BCUT2D eigenvalue weighted by atomic mass is 9.98. The third kappa shape index (κ3) is 4.02. The van der Waals surface area contributed by atoms with Gasteiger partial charge in [-0.25, -0.2) is 19.9 Å². The van der Waals surface area contributed by atoms with E-state index in [1.807, 2.05) is 24.3 Å². The number of hydrogen-bond donors (Lipinski definition) is 1. The summed E-state index contributed by atoms with van der Waals surface area (Å²) >= 11 is 0. The van der Waals surface area contributed by atoms with Gasteiger partial charge >= 0.3 is 0 Å². The van der Waals surface area contributed by atoms with Gasteiger partial charge in [0.05, 0.1) is 5.54 Å². The van der Waals surface area contributed by atoms with E-state index in [9.17, 15) is 5.11 Å². The van der Waals surface area contributed by atoms with Crippen molar-refractivity contribution in [3.8, 4) is 11.4 Å². The highest BCUT2D eigenvalue weighted by Crippen LogP contribution is 2.29. The second kappa shape index (κ2) is 7.71. The summed E-state index contributed by atoms with van der Waals surface area (Å²) in [4.78, 5) is 26.6. The van der Waals surface area contributed by atoms with E-state index in [4.69, 9.17) is 4.98 Å². The highest BCUT2D eigenvalue weighted by atomic mass is 16.3. The molecule has 0 aliphatic carbocycles. The van der Waals surface area contributed by atoms with Gasteiger partial charge < -0.3 is 14.9 Å². The fraction of sp³-hybridized carbons (Fsp3) is 0.381. The number of aliphatic hydroxyl groups is 1. The van der Waals surface area contributed by atoms with Crippen LogP contribution >= 0.6 is 0 Å². The predicted octanol–water partition coefficient (Wildman–Crippen LogP) is 2.49. The van der Waals surface area contributed by atoms with E-state index in [2.05, 4.69) is 43.6 Å². The van der Waals surface area contributed by atoms with Gasteiger partial charge in [0.15, 0.2) is 11.6 Å². The molecule has 1 aliphatic rings. The van der Waals surface area contributed by atoms with E-state index in [1.54, 1.807) is 31.7 Å². The first-order valence-electron chi connectivity index (χ1n) is 9.71. The van der Waals surface area contributed by atoms with Crippen molar-refractivity contribution < 1.29 is 5.11 Å². The van der Waals surface area contributed by atoms with Crippen LogP contribution in [0.3, 0.4) is 0 Å². The molecule has 1 N–H and O–H groups in total. The van der Waals surface area contributed by atoms with Crippen molar-refractivity contribution in [2.45, 2.75) is 32.4 Å². The Hall–Kier alpha value is -3.13. The minimum absolute atomic E-state index is 0.179. The highest BCUT2D eigenvalue weighted by Gasteiger charge is 2.35. The van der Waals surface area contributed by atoms with Gasteiger partial charge in [0.25, 0.3) is 0 Å². The summed E-state index contributed by atoms with van der Waals surface area (Å²) in [5.41, 5.74) is 0.723. The normalized spacial score (nSPS) is 17.2. The van der Waals surface area contributed by atoms with Crippen molar-refractivity contribution >= 4 is 11.6 Å². The molecular formula is C21H25N7O. The van der Waals surface area contributed by atoms with Crippen molar-refractivity contribution in [1.29, 1.82) is 0 Å². The standard InChI is InChI=1S/C21H25N7O/c1-15(29)19-23-10-7-18(26-19)28-12-11-27(14-21(28,2)3)17-6-9-24-20(25-17)16-5-4-8-22-13-16/h4-10,13,15,29H,11-12,14H2,1-3H3. The molecule has 0 saturated carbocycles. The first kappa shape index (κ1) is 19.2. The first-order valence-corrected chi connectivity index (χ1v) is 9.71. The summed E-state index contributed by atoms with van der Waals surface area (Å²) in [7, 11) is 0. The molecule has 150 valence electrons. The zero-order chi connectivity index (χ0) is 20.4. The molecule has 1 aliphatic heterocycles. The smallest absolute Gasteiger partial charge is 0.163 e. The number of anilines is 2. The Bertz CT molecular complexity index is 978. The van der Waals surface area contributed by atoms with Crippen LogP contribution in [0.15, 0.2) is 49.1 Å². The molecule has 8 nitrogen and oxygen atoms in total. The first-order chi connectivity index (χ1) is 13.9. The minimum atomic E-state index is -0.689. The molecule has 4 heterocycles. The van der Waals surface area contributed by atoms with Crippen LogP contribution < -0.4 is 9.80 Å². The molecule has 1 saturated heterocycles. The van der Waals surface area contributed by atoms with E-state index in [-0.39, 0.29) is 5.54 Å².